The molecule has 0 aliphatic rings. The summed E-state index contributed by atoms with van der Waals surface area (Å²) in [5.74, 6) is 1.69. The minimum Gasteiger partial charge on any atom is -0.496 e. The summed E-state index contributed by atoms with van der Waals surface area (Å²) < 4.78 is 5.56. The summed E-state index contributed by atoms with van der Waals surface area (Å²) in [5, 5.41) is 10.4. The number of hydrogen-bond donors (Lipinski definition) is 2. The summed E-state index contributed by atoms with van der Waals surface area (Å²) in [6.07, 6.45) is 2.59. The molecule has 0 amide bonds. The zero-order valence-electron chi connectivity index (χ0n) is 12.5. The third-order valence-corrected chi connectivity index (χ3v) is 3.31. The number of ether oxygens (including phenoxy) is 1. The lowest BCUT2D eigenvalue weighted by molar-refractivity contribution is 0.401. The molecule has 2 aromatic rings. The van der Waals surface area contributed by atoms with Crippen molar-refractivity contribution < 1.29 is 4.74 Å². The van der Waals surface area contributed by atoms with Gasteiger partial charge in [-0.25, -0.2) is 4.98 Å². The number of nitrogens with zero attached hydrogens (tertiary/aromatic N) is 2. The van der Waals surface area contributed by atoms with Crippen molar-refractivity contribution in [2.45, 2.75) is 33.2 Å². The maximum Gasteiger partial charge on any atom is 0.146 e. The van der Waals surface area contributed by atoms with E-state index in [-0.39, 0.29) is 6.04 Å². The zero-order chi connectivity index (χ0) is 14.5. The van der Waals surface area contributed by atoms with Gasteiger partial charge in [-0.2, -0.15) is 5.10 Å². The van der Waals surface area contributed by atoms with E-state index in [0.29, 0.717) is 0 Å². The van der Waals surface area contributed by atoms with Crippen molar-refractivity contribution >= 4 is 0 Å². The molecular weight excluding hydrogens is 252 g/mol. The Bertz CT molecular complexity index is 551. The molecule has 2 rings (SSSR count). The quantitative estimate of drug-likeness (QED) is 0.849. The molecule has 5 heteroatoms. The minimum atomic E-state index is -0.0343. The molecule has 1 atom stereocenters. The summed E-state index contributed by atoms with van der Waals surface area (Å²) in [6, 6.07) is 4.18. The van der Waals surface area contributed by atoms with Crippen LogP contribution < -0.4 is 10.1 Å². The number of aromatic amines is 1. The normalized spacial score (nSPS) is 12.4. The van der Waals surface area contributed by atoms with Crippen LogP contribution in [0.25, 0.3) is 0 Å². The predicted molar refractivity (Wildman–Crippen MR) is 79.0 cm³/mol. The molecule has 0 saturated heterocycles. The molecule has 108 valence electrons. The van der Waals surface area contributed by atoms with Gasteiger partial charge in [-0.15, -0.1) is 0 Å². The average Bonchev–Trinajstić information content (AvgIpc) is 2.94. The molecule has 20 heavy (non-hydrogen) atoms. The molecular formula is C15H22N4O. The fourth-order valence-electron chi connectivity index (χ4n) is 2.46. The van der Waals surface area contributed by atoms with Crippen LogP contribution in [-0.4, -0.2) is 28.8 Å². The zero-order valence-corrected chi connectivity index (χ0v) is 12.5. The first-order valence-electron chi connectivity index (χ1n) is 6.91. The van der Waals surface area contributed by atoms with Crippen molar-refractivity contribution in [3.05, 3.63) is 41.0 Å². The molecule has 5 nitrogen and oxygen atoms in total. The molecule has 0 saturated carbocycles. The van der Waals surface area contributed by atoms with E-state index >= 15 is 0 Å². The Morgan fingerprint density at radius 1 is 1.35 bits per heavy atom. The number of hydrogen-bond acceptors (Lipinski definition) is 4. The molecule has 0 bridgehead atoms. The lowest BCUT2D eigenvalue weighted by Crippen LogP contribution is -2.25. The Labute approximate surface area is 119 Å². The molecule has 0 radical (unpaired) electrons. The van der Waals surface area contributed by atoms with Gasteiger partial charge in [-0.1, -0.05) is 13.0 Å². The molecule has 1 aromatic carbocycles. The Kier molecular flexibility index (Phi) is 4.74. The topological polar surface area (TPSA) is 62.8 Å². The van der Waals surface area contributed by atoms with Gasteiger partial charge in [0.2, 0.25) is 0 Å². The molecule has 1 heterocycles. The first-order valence-corrected chi connectivity index (χ1v) is 6.91. The SMILES string of the molecule is CCCNC(c1ncn[nH]1)c1c(C)cc(C)cc1OC. The number of aryl methyl sites for hydroxylation is 2. The van der Waals surface area contributed by atoms with Crippen LogP contribution in [0.1, 0.15) is 41.9 Å². The van der Waals surface area contributed by atoms with Crippen molar-refractivity contribution in [1.29, 1.82) is 0 Å². The highest BCUT2D eigenvalue weighted by molar-refractivity contribution is 5.47. The number of benzene rings is 1. The Hall–Kier alpha value is -1.88. The van der Waals surface area contributed by atoms with Crippen LogP contribution in [0.3, 0.4) is 0 Å². The van der Waals surface area contributed by atoms with E-state index in [1.807, 2.05) is 0 Å². The van der Waals surface area contributed by atoms with Crippen molar-refractivity contribution in [2.75, 3.05) is 13.7 Å². The smallest absolute Gasteiger partial charge is 0.146 e. The molecule has 2 N–H and O–H groups in total. The number of nitrogens with one attached hydrogen (secondary N) is 2. The van der Waals surface area contributed by atoms with E-state index in [0.717, 1.165) is 30.1 Å². The highest BCUT2D eigenvalue weighted by atomic mass is 16.5. The van der Waals surface area contributed by atoms with Gasteiger partial charge in [0.05, 0.1) is 13.2 Å². The van der Waals surface area contributed by atoms with Gasteiger partial charge in [0.25, 0.3) is 0 Å². The monoisotopic (exact) mass is 274 g/mol. The van der Waals surface area contributed by atoms with Gasteiger partial charge >= 0.3 is 0 Å². The third-order valence-electron chi connectivity index (χ3n) is 3.31. The second kappa shape index (κ2) is 6.52. The lowest BCUT2D eigenvalue weighted by Gasteiger charge is -2.22. The van der Waals surface area contributed by atoms with E-state index in [2.05, 4.69) is 53.4 Å². The molecule has 0 aliphatic heterocycles. The Balaban J connectivity index is 2.48. The average molecular weight is 274 g/mol. The van der Waals surface area contributed by atoms with Crippen molar-refractivity contribution in [3.63, 3.8) is 0 Å². The van der Waals surface area contributed by atoms with Crippen LogP contribution in [0.5, 0.6) is 5.75 Å². The molecule has 0 fully saturated rings. The minimum absolute atomic E-state index is 0.0343. The van der Waals surface area contributed by atoms with Gasteiger partial charge in [-0.3, -0.25) is 5.10 Å². The van der Waals surface area contributed by atoms with E-state index in [4.69, 9.17) is 4.74 Å². The molecule has 1 unspecified atom stereocenters. The van der Waals surface area contributed by atoms with Crippen molar-refractivity contribution in [2.24, 2.45) is 0 Å². The summed E-state index contributed by atoms with van der Waals surface area (Å²) in [5.41, 5.74) is 3.49. The first kappa shape index (κ1) is 14.5. The van der Waals surface area contributed by atoms with Crippen LogP contribution in [0.4, 0.5) is 0 Å². The van der Waals surface area contributed by atoms with E-state index < -0.39 is 0 Å². The molecule has 1 aromatic heterocycles. The maximum atomic E-state index is 5.56. The molecule has 0 spiro atoms. The van der Waals surface area contributed by atoms with E-state index in [1.165, 1.54) is 17.5 Å². The van der Waals surface area contributed by atoms with Gasteiger partial charge in [0.1, 0.15) is 17.9 Å². The van der Waals surface area contributed by atoms with E-state index in [9.17, 15) is 0 Å². The van der Waals surface area contributed by atoms with Crippen LogP contribution in [0.2, 0.25) is 0 Å². The number of H-pyrrole nitrogens is 1. The summed E-state index contributed by atoms with van der Waals surface area (Å²) >= 11 is 0. The fourth-order valence-corrected chi connectivity index (χ4v) is 2.46. The standard InChI is InChI=1S/C15H22N4O/c1-5-6-16-14(15-17-9-18-19-15)13-11(3)7-10(2)8-12(13)20-4/h7-9,14,16H,5-6H2,1-4H3,(H,17,18,19). The fraction of sp³-hybridized carbons (Fsp3) is 0.467. The highest BCUT2D eigenvalue weighted by Gasteiger charge is 2.22. The summed E-state index contributed by atoms with van der Waals surface area (Å²) in [6.45, 7) is 7.22. The molecule has 0 aliphatic carbocycles. The van der Waals surface area contributed by atoms with Crippen LogP contribution in [-0.2, 0) is 0 Å². The Morgan fingerprint density at radius 2 is 2.15 bits per heavy atom. The first-order chi connectivity index (χ1) is 9.67. The van der Waals surface area contributed by atoms with Gasteiger partial charge in [-0.05, 0) is 44.0 Å². The number of methoxy groups -OCH3 is 1. The van der Waals surface area contributed by atoms with Crippen molar-refractivity contribution in [1.82, 2.24) is 20.5 Å². The van der Waals surface area contributed by atoms with E-state index in [1.54, 1.807) is 7.11 Å². The second-order valence-corrected chi connectivity index (χ2v) is 4.96. The number of rotatable bonds is 6. The van der Waals surface area contributed by atoms with Crippen molar-refractivity contribution in [3.8, 4) is 5.75 Å². The largest absolute Gasteiger partial charge is 0.496 e. The maximum absolute atomic E-state index is 5.56. The second-order valence-electron chi connectivity index (χ2n) is 4.96. The summed E-state index contributed by atoms with van der Waals surface area (Å²) in [4.78, 5) is 4.30. The third kappa shape index (κ3) is 2.99. The van der Waals surface area contributed by atoms with Crippen LogP contribution >= 0.6 is 0 Å². The van der Waals surface area contributed by atoms with Gasteiger partial charge in [0, 0.05) is 5.56 Å². The Morgan fingerprint density at radius 3 is 2.75 bits per heavy atom. The van der Waals surface area contributed by atoms with Crippen LogP contribution in [0, 0.1) is 13.8 Å². The van der Waals surface area contributed by atoms with Gasteiger partial charge in [0.15, 0.2) is 0 Å². The highest BCUT2D eigenvalue weighted by Crippen LogP contribution is 2.32. The van der Waals surface area contributed by atoms with Gasteiger partial charge < -0.3 is 10.1 Å². The predicted octanol–water partition coefficient (Wildman–Crippen LogP) is 2.52. The lowest BCUT2D eigenvalue weighted by atomic mass is 9.97. The summed E-state index contributed by atoms with van der Waals surface area (Å²) in [7, 11) is 1.70. The number of aromatic nitrogens is 3. The van der Waals surface area contributed by atoms with Crippen LogP contribution in [0.15, 0.2) is 18.5 Å².